The fraction of sp³-hybridized carbons (Fsp3) is 0.200. The third-order valence-corrected chi connectivity index (χ3v) is 4.71. The number of anilines is 2. The largest absolute Gasteiger partial charge is 0.364 e. The lowest BCUT2D eigenvalue weighted by atomic mass is 10.2. The first-order valence-corrected chi connectivity index (χ1v) is 8.98. The molecule has 0 atom stereocenters. The number of sulfonamides is 1. The molecular weight excluding hydrogens is 328 g/mol. The summed E-state index contributed by atoms with van der Waals surface area (Å²) in [4.78, 5) is 16.6. The van der Waals surface area contributed by atoms with E-state index in [1.54, 1.807) is 18.5 Å². The van der Waals surface area contributed by atoms with E-state index in [0.29, 0.717) is 29.2 Å². The van der Waals surface area contributed by atoms with Gasteiger partial charge in [0, 0.05) is 26.0 Å². The van der Waals surface area contributed by atoms with Gasteiger partial charge in [-0.15, -0.1) is 0 Å². The number of rotatable bonds is 5. The minimum absolute atomic E-state index is 0.466. The van der Waals surface area contributed by atoms with Crippen molar-refractivity contribution in [3.63, 3.8) is 0 Å². The van der Waals surface area contributed by atoms with Crippen LogP contribution < -0.4 is 9.62 Å². The normalized spacial score (nSPS) is 11.4. The van der Waals surface area contributed by atoms with Crippen LogP contribution in [0.25, 0.3) is 11.2 Å². The van der Waals surface area contributed by atoms with E-state index in [1.807, 2.05) is 18.2 Å². The van der Waals surface area contributed by atoms with Crippen LogP contribution in [-0.2, 0) is 16.6 Å². The summed E-state index contributed by atoms with van der Waals surface area (Å²) in [5.41, 5.74) is 2.62. The number of benzene rings is 1. The molecule has 3 aromatic rings. The molecule has 9 heteroatoms. The summed E-state index contributed by atoms with van der Waals surface area (Å²) < 4.78 is 24.5. The summed E-state index contributed by atoms with van der Waals surface area (Å²) in [6.07, 6.45) is 5.75. The maximum atomic E-state index is 11.6. The zero-order valence-corrected chi connectivity index (χ0v) is 14.0. The molecule has 2 heterocycles. The Bertz CT molecular complexity index is 971. The van der Waals surface area contributed by atoms with E-state index in [9.17, 15) is 8.42 Å². The first-order chi connectivity index (χ1) is 11.4. The highest BCUT2D eigenvalue weighted by Crippen LogP contribution is 2.19. The highest BCUT2D eigenvalue weighted by Gasteiger charge is 2.12. The fourth-order valence-corrected chi connectivity index (χ4v) is 2.66. The van der Waals surface area contributed by atoms with Crippen LogP contribution >= 0.6 is 0 Å². The summed E-state index contributed by atoms with van der Waals surface area (Å²) in [5.74, 6) is 0.579. The molecule has 0 saturated carbocycles. The summed E-state index contributed by atoms with van der Waals surface area (Å²) in [6.45, 7) is 0.466. The zero-order valence-electron chi connectivity index (χ0n) is 13.2. The van der Waals surface area contributed by atoms with Gasteiger partial charge in [0.15, 0.2) is 11.5 Å². The molecule has 0 amide bonds. The van der Waals surface area contributed by atoms with Gasteiger partial charge in [-0.1, -0.05) is 12.1 Å². The average Bonchev–Trinajstić information content (AvgIpc) is 2.58. The van der Waals surface area contributed by atoms with Crippen molar-refractivity contribution in [2.75, 3.05) is 22.9 Å². The molecular formula is C15H16N6O2S. The van der Waals surface area contributed by atoms with Gasteiger partial charge in [-0.05, 0) is 17.7 Å². The van der Waals surface area contributed by atoms with Crippen LogP contribution in [0, 0.1) is 0 Å². The van der Waals surface area contributed by atoms with Crippen molar-refractivity contribution < 1.29 is 8.42 Å². The van der Waals surface area contributed by atoms with Gasteiger partial charge in [0.2, 0.25) is 10.0 Å². The van der Waals surface area contributed by atoms with Crippen LogP contribution in [0.1, 0.15) is 5.56 Å². The van der Waals surface area contributed by atoms with Crippen LogP contribution in [0.4, 0.5) is 11.5 Å². The maximum absolute atomic E-state index is 11.6. The van der Waals surface area contributed by atoms with Gasteiger partial charge in [-0.2, -0.15) is 0 Å². The quantitative estimate of drug-likeness (QED) is 0.747. The molecule has 0 bridgehead atoms. The number of nitrogens with zero attached hydrogens (tertiary/aromatic N) is 5. The van der Waals surface area contributed by atoms with Gasteiger partial charge >= 0.3 is 0 Å². The molecule has 0 unspecified atom stereocenters. The molecule has 0 radical (unpaired) electrons. The third-order valence-electron chi connectivity index (χ3n) is 3.50. The lowest BCUT2D eigenvalue weighted by molar-refractivity contribution is 0.600. The monoisotopic (exact) mass is 344 g/mol. The molecule has 1 aromatic carbocycles. The van der Waals surface area contributed by atoms with E-state index in [1.165, 1.54) is 23.9 Å². The third kappa shape index (κ3) is 3.40. The van der Waals surface area contributed by atoms with E-state index in [4.69, 9.17) is 0 Å². The maximum Gasteiger partial charge on any atom is 0.231 e. The highest BCUT2D eigenvalue weighted by molar-refractivity contribution is 7.92. The zero-order chi connectivity index (χ0) is 17.2. The smallest absolute Gasteiger partial charge is 0.231 e. The predicted octanol–water partition coefficient (Wildman–Crippen LogP) is 1.43. The minimum Gasteiger partial charge on any atom is -0.364 e. The molecule has 124 valence electrons. The van der Waals surface area contributed by atoms with Gasteiger partial charge in [-0.3, -0.25) is 4.31 Å². The van der Waals surface area contributed by atoms with E-state index in [0.717, 1.165) is 5.56 Å². The van der Waals surface area contributed by atoms with Gasteiger partial charge in [0.1, 0.15) is 11.8 Å². The molecule has 0 spiro atoms. The molecule has 8 nitrogen and oxygen atoms in total. The fourth-order valence-electron chi connectivity index (χ4n) is 2.16. The Balaban J connectivity index is 1.82. The van der Waals surface area contributed by atoms with Crippen molar-refractivity contribution in [1.29, 1.82) is 0 Å². The van der Waals surface area contributed by atoms with E-state index < -0.39 is 10.0 Å². The van der Waals surface area contributed by atoms with Crippen LogP contribution in [0.2, 0.25) is 0 Å². The van der Waals surface area contributed by atoms with E-state index in [-0.39, 0.29) is 0 Å². The topological polar surface area (TPSA) is 101 Å². The Morgan fingerprint density at radius 3 is 2.71 bits per heavy atom. The first-order valence-electron chi connectivity index (χ1n) is 7.13. The Morgan fingerprint density at radius 2 is 1.92 bits per heavy atom. The molecule has 0 aliphatic heterocycles. The lowest BCUT2D eigenvalue weighted by Crippen LogP contribution is -2.24. The molecule has 0 aliphatic carbocycles. The lowest BCUT2D eigenvalue weighted by Gasteiger charge is -2.17. The molecule has 0 saturated heterocycles. The number of fused-ring (bicyclic) bond motifs is 1. The SMILES string of the molecule is CN(c1cccc(CNc2ncnc3nccnc23)c1)S(C)(=O)=O. The first kappa shape index (κ1) is 16.1. The van der Waals surface area contributed by atoms with Crippen LogP contribution in [0.3, 0.4) is 0 Å². The van der Waals surface area contributed by atoms with Crippen molar-refractivity contribution >= 4 is 32.7 Å². The molecule has 1 N–H and O–H groups in total. The van der Waals surface area contributed by atoms with Crippen molar-refractivity contribution in [2.45, 2.75) is 6.54 Å². The number of aromatic nitrogens is 4. The molecule has 2 aromatic heterocycles. The Kier molecular flexibility index (Phi) is 4.26. The Hall–Kier alpha value is -2.81. The minimum atomic E-state index is -3.29. The van der Waals surface area contributed by atoms with Gasteiger partial charge in [0.25, 0.3) is 0 Å². The Labute approximate surface area is 139 Å². The second kappa shape index (κ2) is 6.36. The number of hydrogen-bond acceptors (Lipinski definition) is 7. The molecule has 0 fully saturated rings. The predicted molar refractivity (Wildman–Crippen MR) is 92.1 cm³/mol. The van der Waals surface area contributed by atoms with Gasteiger partial charge in [0.05, 0.1) is 11.9 Å². The van der Waals surface area contributed by atoms with E-state index >= 15 is 0 Å². The second-order valence-electron chi connectivity index (χ2n) is 5.20. The average molecular weight is 344 g/mol. The number of nitrogens with one attached hydrogen (secondary N) is 1. The van der Waals surface area contributed by atoms with Crippen molar-refractivity contribution in [2.24, 2.45) is 0 Å². The highest BCUT2D eigenvalue weighted by atomic mass is 32.2. The molecule has 24 heavy (non-hydrogen) atoms. The van der Waals surface area contributed by atoms with E-state index in [2.05, 4.69) is 25.3 Å². The van der Waals surface area contributed by atoms with Crippen molar-refractivity contribution in [3.8, 4) is 0 Å². The van der Waals surface area contributed by atoms with Crippen molar-refractivity contribution in [1.82, 2.24) is 19.9 Å². The molecule has 3 rings (SSSR count). The van der Waals surface area contributed by atoms with Gasteiger partial charge in [-0.25, -0.2) is 28.4 Å². The summed E-state index contributed by atoms with van der Waals surface area (Å²) in [5, 5.41) is 3.19. The van der Waals surface area contributed by atoms with Gasteiger partial charge < -0.3 is 5.32 Å². The number of hydrogen-bond donors (Lipinski definition) is 1. The summed E-state index contributed by atoms with van der Waals surface area (Å²) >= 11 is 0. The van der Waals surface area contributed by atoms with Crippen LogP contribution in [-0.4, -0.2) is 41.7 Å². The molecule has 0 aliphatic rings. The Morgan fingerprint density at radius 1 is 1.12 bits per heavy atom. The van der Waals surface area contributed by atoms with Crippen LogP contribution in [0.15, 0.2) is 43.0 Å². The second-order valence-corrected chi connectivity index (χ2v) is 7.22. The summed E-state index contributed by atoms with van der Waals surface area (Å²) in [6, 6.07) is 7.27. The summed E-state index contributed by atoms with van der Waals surface area (Å²) in [7, 11) is -1.77. The standard InChI is InChI=1S/C15H16N6O2S/c1-21(24(2,22)23)12-5-3-4-11(8-12)9-18-15-13-14(19-10-20-15)17-7-6-16-13/h3-8,10H,9H2,1-2H3,(H,17,18,19,20). The van der Waals surface area contributed by atoms with Crippen molar-refractivity contribution in [3.05, 3.63) is 48.5 Å². The van der Waals surface area contributed by atoms with Crippen LogP contribution in [0.5, 0.6) is 0 Å².